The van der Waals surface area contributed by atoms with Crippen LogP contribution in [0.25, 0.3) is 10.9 Å². The van der Waals surface area contributed by atoms with Gasteiger partial charge in [0.25, 0.3) is 0 Å². The number of nitrogens with zero attached hydrogens (tertiary/aromatic N) is 2. The molecule has 0 spiro atoms. The number of piperidine rings is 1. The van der Waals surface area contributed by atoms with Gasteiger partial charge >= 0.3 is 0 Å². The van der Waals surface area contributed by atoms with Crippen LogP contribution in [0.2, 0.25) is 0 Å². The average Bonchev–Trinajstić information content (AvgIpc) is 2.60. The Kier molecular flexibility index (Phi) is 4.56. The van der Waals surface area contributed by atoms with Crippen molar-refractivity contribution >= 4 is 26.8 Å². The van der Waals surface area contributed by atoms with Crippen LogP contribution in [0, 0.1) is 12.8 Å². The molecule has 2 aromatic rings. The number of carbonyl (C=O) groups excluding carboxylic acids is 1. The first-order valence-electron chi connectivity index (χ1n) is 8.00. The zero-order chi connectivity index (χ0) is 17.3. The molecule has 0 saturated carbocycles. The second-order valence-corrected chi connectivity index (χ2v) is 8.04. The van der Waals surface area contributed by atoms with E-state index in [0.717, 1.165) is 10.9 Å². The Hall–Kier alpha value is -1.99. The lowest BCUT2D eigenvalue weighted by molar-refractivity contribution is -0.125. The molecule has 128 valence electrons. The van der Waals surface area contributed by atoms with Crippen molar-refractivity contribution in [2.45, 2.75) is 24.7 Å². The number of hydrogen-bond acceptors (Lipinski definition) is 4. The first-order chi connectivity index (χ1) is 11.4. The molecule has 0 radical (unpaired) electrons. The van der Waals surface area contributed by atoms with Gasteiger partial charge in [-0.05, 0) is 37.5 Å². The van der Waals surface area contributed by atoms with Gasteiger partial charge in [-0.15, -0.1) is 0 Å². The Bertz CT molecular complexity index is 872. The largest absolute Gasteiger partial charge is 0.359 e. The molecule has 0 bridgehead atoms. The van der Waals surface area contributed by atoms with E-state index in [4.69, 9.17) is 0 Å². The number of pyridine rings is 1. The van der Waals surface area contributed by atoms with Gasteiger partial charge in [-0.3, -0.25) is 9.78 Å². The molecular formula is C17H21N3O3S. The van der Waals surface area contributed by atoms with Crippen molar-refractivity contribution in [1.82, 2.24) is 14.6 Å². The van der Waals surface area contributed by atoms with E-state index >= 15 is 0 Å². The summed E-state index contributed by atoms with van der Waals surface area (Å²) in [5.74, 6) is -0.135. The molecule has 0 atom stereocenters. The van der Waals surface area contributed by atoms with Gasteiger partial charge in [-0.25, -0.2) is 8.42 Å². The molecular weight excluding hydrogens is 326 g/mol. The minimum atomic E-state index is -3.62. The van der Waals surface area contributed by atoms with Gasteiger partial charge < -0.3 is 5.32 Å². The monoisotopic (exact) mass is 347 g/mol. The molecule has 2 heterocycles. The number of benzene rings is 1. The second kappa shape index (κ2) is 6.49. The van der Waals surface area contributed by atoms with Crippen molar-refractivity contribution < 1.29 is 13.2 Å². The van der Waals surface area contributed by atoms with Crippen molar-refractivity contribution in [1.29, 1.82) is 0 Å². The molecule has 24 heavy (non-hydrogen) atoms. The number of fused-ring (bicyclic) bond motifs is 1. The summed E-state index contributed by atoms with van der Waals surface area (Å²) in [6.07, 6.45) is 2.76. The molecule has 1 N–H and O–H groups in total. The Balaban J connectivity index is 1.91. The van der Waals surface area contributed by atoms with Crippen molar-refractivity contribution in [3.05, 3.63) is 36.0 Å². The highest BCUT2D eigenvalue weighted by Crippen LogP contribution is 2.28. The lowest BCUT2D eigenvalue weighted by atomic mass is 9.97. The van der Waals surface area contributed by atoms with Gasteiger partial charge in [0.1, 0.15) is 4.90 Å². The lowest BCUT2D eigenvalue weighted by Gasteiger charge is -2.30. The van der Waals surface area contributed by atoms with E-state index in [-0.39, 0.29) is 16.7 Å². The normalized spacial score (nSPS) is 17.1. The summed E-state index contributed by atoms with van der Waals surface area (Å²) in [5, 5.41) is 3.45. The van der Waals surface area contributed by atoms with Crippen LogP contribution < -0.4 is 5.32 Å². The van der Waals surface area contributed by atoms with E-state index in [1.54, 1.807) is 25.4 Å². The second-order valence-electron chi connectivity index (χ2n) is 6.13. The fraction of sp³-hybridized carbons (Fsp3) is 0.412. The Labute approximate surface area is 141 Å². The minimum Gasteiger partial charge on any atom is -0.359 e. The Morgan fingerprint density at radius 2 is 2.00 bits per heavy atom. The summed E-state index contributed by atoms with van der Waals surface area (Å²) < 4.78 is 27.5. The van der Waals surface area contributed by atoms with Crippen LogP contribution in [0.1, 0.15) is 18.4 Å². The highest BCUT2D eigenvalue weighted by atomic mass is 32.2. The lowest BCUT2D eigenvalue weighted by Crippen LogP contribution is -2.42. The number of carbonyl (C=O) groups is 1. The number of rotatable bonds is 3. The summed E-state index contributed by atoms with van der Waals surface area (Å²) >= 11 is 0. The summed E-state index contributed by atoms with van der Waals surface area (Å²) in [4.78, 5) is 16.3. The molecule has 1 aromatic carbocycles. The van der Waals surface area contributed by atoms with E-state index < -0.39 is 10.0 Å². The zero-order valence-electron chi connectivity index (χ0n) is 13.8. The van der Waals surface area contributed by atoms with Crippen LogP contribution in [0.5, 0.6) is 0 Å². The van der Waals surface area contributed by atoms with E-state index in [2.05, 4.69) is 10.3 Å². The molecule has 1 fully saturated rings. The third-order valence-electron chi connectivity index (χ3n) is 4.50. The van der Waals surface area contributed by atoms with Crippen LogP contribution in [0.3, 0.4) is 0 Å². The number of aryl methyl sites for hydroxylation is 1. The van der Waals surface area contributed by atoms with Gasteiger partial charge in [0.2, 0.25) is 15.9 Å². The number of para-hydroxylation sites is 1. The maximum Gasteiger partial charge on any atom is 0.245 e. The standard InChI is InChI=1S/C17H21N3O3S/c1-12-10-14-4-3-5-15(16(14)19-11-12)24(22,23)20-8-6-13(7-9-20)17(21)18-2/h3-5,10-11,13H,6-9H2,1-2H3,(H,18,21). The third-order valence-corrected chi connectivity index (χ3v) is 6.43. The Morgan fingerprint density at radius 3 is 2.67 bits per heavy atom. The van der Waals surface area contributed by atoms with Gasteiger partial charge in [-0.2, -0.15) is 4.31 Å². The van der Waals surface area contributed by atoms with Crippen LogP contribution in [-0.4, -0.2) is 43.8 Å². The number of hydrogen-bond donors (Lipinski definition) is 1. The van der Waals surface area contributed by atoms with Crippen molar-refractivity contribution in [2.75, 3.05) is 20.1 Å². The van der Waals surface area contributed by atoms with Gasteiger partial charge in [0.15, 0.2) is 0 Å². The maximum absolute atomic E-state index is 13.0. The molecule has 0 unspecified atom stereocenters. The van der Waals surface area contributed by atoms with E-state index in [1.807, 2.05) is 19.1 Å². The number of aromatic nitrogens is 1. The summed E-state index contributed by atoms with van der Waals surface area (Å²) in [7, 11) is -2.01. The van der Waals surface area contributed by atoms with Gasteiger partial charge in [0.05, 0.1) is 5.52 Å². The number of amides is 1. The molecule has 1 aliphatic heterocycles. The molecule has 6 nitrogen and oxygen atoms in total. The van der Waals surface area contributed by atoms with Crippen molar-refractivity contribution in [3.63, 3.8) is 0 Å². The maximum atomic E-state index is 13.0. The highest BCUT2D eigenvalue weighted by Gasteiger charge is 2.32. The summed E-state index contributed by atoms with van der Waals surface area (Å²) in [5.41, 5.74) is 1.49. The highest BCUT2D eigenvalue weighted by molar-refractivity contribution is 7.89. The quantitative estimate of drug-likeness (QED) is 0.916. The smallest absolute Gasteiger partial charge is 0.245 e. The van der Waals surface area contributed by atoms with E-state index in [1.165, 1.54) is 4.31 Å². The fourth-order valence-electron chi connectivity index (χ4n) is 3.15. The van der Waals surface area contributed by atoms with Crippen molar-refractivity contribution in [3.8, 4) is 0 Å². The van der Waals surface area contributed by atoms with E-state index in [0.29, 0.717) is 31.4 Å². The molecule has 1 amide bonds. The summed E-state index contributed by atoms with van der Waals surface area (Å²) in [6.45, 7) is 2.63. The molecule has 0 aliphatic carbocycles. The average molecular weight is 347 g/mol. The summed E-state index contributed by atoms with van der Waals surface area (Å²) in [6, 6.07) is 7.14. The van der Waals surface area contributed by atoms with Crippen LogP contribution in [0.4, 0.5) is 0 Å². The topological polar surface area (TPSA) is 79.4 Å². The predicted octanol–water partition coefficient (Wildman–Crippen LogP) is 1.69. The third kappa shape index (κ3) is 3.01. The zero-order valence-corrected chi connectivity index (χ0v) is 14.6. The molecule has 7 heteroatoms. The fourth-order valence-corrected chi connectivity index (χ4v) is 4.79. The van der Waals surface area contributed by atoms with Crippen LogP contribution in [0.15, 0.2) is 35.4 Å². The van der Waals surface area contributed by atoms with Crippen molar-refractivity contribution in [2.24, 2.45) is 5.92 Å². The first-order valence-corrected chi connectivity index (χ1v) is 9.44. The molecule has 1 aromatic heterocycles. The number of nitrogens with one attached hydrogen (secondary N) is 1. The number of sulfonamides is 1. The SMILES string of the molecule is CNC(=O)C1CCN(S(=O)(=O)c2cccc3cc(C)cnc23)CC1. The molecule has 3 rings (SSSR count). The van der Waals surface area contributed by atoms with Crippen LogP contribution >= 0.6 is 0 Å². The van der Waals surface area contributed by atoms with Gasteiger partial charge in [0, 0.05) is 37.6 Å². The van der Waals surface area contributed by atoms with Gasteiger partial charge in [-0.1, -0.05) is 12.1 Å². The first kappa shape index (κ1) is 16.9. The molecule has 1 aliphatic rings. The Morgan fingerprint density at radius 1 is 1.29 bits per heavy atom. The molecule has 1 saturated heterocycles. The van der Waals surface area contributed by atoms with Crippen LogP contribution in [-0.2, 0) is 14.8 Å². The minimum absolute atomic E-state index is 0.0191. The predicted molar refractivity (Wildman–Crippen MR) is 92.0 cm³/mol. The van der Waals surface area contributed by atoms with E-state index in [9.17, 15) is 13.2 Å².